The second-order valence-corrected chi connectivity index (χ2v) is 5.50. The molecule has 0 atom stereocenters. The first-order valence-electron chi connectivity index (χ1n) is 6.57. The molecule has 0 fully saturated rings. The lowest BCUT2D eigenvalue weighted by Crippen LogP contribution is -2.05. The van der Waals surface area contributed by atoms with Crippen LogP contribution < -0.4 is 0 Å². The number of alkyl halides is 2. The zero-order chi connectivity index (χ0) is 17.3. The van der Waals surface area contributed by atoms with E-state index in [4.69, 9.17) is 23.2 Å². The summed E-state index contributed by atoms with van der Waals surface area (Å²) >= 11 is 11.7. The Morgan fingerprint density at radius 1 is 1.08 bits per heavy atom. The van der Waals surface area contributed by atoms with E-state index in [0.29, 0.717) is 5.56 Å². The molecule has 0 aliphatic carbocycles. The van der Waals surface area contributed by atoms with Gasteiger partial charge in [-0.3, -0.25) is 0 Å². The molecule has 0 bridgehead atoms. The molecular weight excluding hydrogens is 366 g/mol. The van der Waals surface area contributed by atoms with Crippen LogP contribution in [0.5, 0.6) is 0 Å². The van der Waals surface area contributed by atoms with Gasteiger partial charge in [0, 0.05) is 18.0 Å². The number of hydrogen-bond acceptors (Lipinski definition) is 4. The maximum absolute atomic E-state index is 13.0. The summed E-state index contributed by atoms with van der Waals surface area (Å²) in [6.45, 7) is 0.0234. The average molecular weight is 374 g/mol. The van der Waals surface area contributed by atoms with Crippen LogP contribution >= 0.6 is 23.2 Å². The van der Waals surface area contributed by atoms with E-state index in [1.165, 1.54) is 23.0 Å². The lowest BCUT2D eigenvalue weighted by molar-refractivity contribution is 0.146. The van der Waals surface area contributed by atoms with Gasteiger partial charge in [0.2, 0.25) is 0 Å². The SMILES string of the molecule is Fc1cnc(Cn2cc(C(F)F)nc2-c2cnc(Cl)c(Cl)c2)nc1. The molecule has 124 valence electrons. The van der Waals surface area contributed by atoms with Crippen molar-refractivity contribution in [3.05, 3.63) is 58.4 Å². The second kappa shape index (κ2) is 6.74. The number of imidazole rings is 1. The Kier molecular flexibility index (Phi) is 4.68. The fourth-order valence-corrected chi connectivity index (χ4v) is 2.28. The molecular formula is C14H8Cl2F3N5. The highest BCUT2D eigenvalue weighted by Crippen LogP contribution is 2.28. The Morgan fingerprint density at radius 2 is 1.79 bits per heavy atom. The number of hydrogen-bond donors (Lipinski definition) is 0. The van der Waals surface area contributed by atoms with Crippen molar-refractivity contribution in [3.63, 3.8) is 0 Å². The van der Waals surface area contributed by atoms with Gasteiger partial charge < -0.3 is 4.57 Å². The normalized spacial score (nSPS) is 11.2. The van der Waals surface area contributed by atoms with Crippen LogP contribution in [0.4, 0.5) is 13.2 Å². The van der Waals surface area contributed by atoms with E-state index in [1.54, 1.807) is 0 Å². The maximum Gasteiger partial charge on any atom is 0.281 e. The topological polar surface area (TPSA) is 56.5 Å². The summed E-state index contributed by atoms with van der Waals surface area (Å²) in [5.41, 5.74) is -0.0170. The molecule has 3 rings (SSSR count). The molecule has 5 nitrogen and oxygen atoms in total. The summed E-state index contributed by atoms with van der Waals surface area (Å²) < 4.78 is 40.3. The number of rotatable bonds is 4. The summed E-state index contributed by atoms with van der Waals surface area (Å²) in [4.78, 5) is 15.4. The number of pyridine rings is 1. The molecule has 0 radical (unpaired) electrons. The van der Waals surface area contributed by atoms with E-state index >= 15 is 0 Å². The van der Waals surface area contributed by atoms with Gasteiger partial charge in [0.25, 0.3) is 6.43 Å². The van der Waals surface area contributed by atoms with Gasteiger partial charge in [0.15, 0.2) is 5.82 Å². The van der Waals surface area contributed by atoms with Crippen LogP contribution in [-0.4, -0.2) is 24.5 Å². The van der Waals surface area contributed by atoms with Crippen LogP contribution in [-0.2, 0) is 6.54 Å². The zero-order valence-corrected chi connectivity index (χ0v) is 13.3. The molecule has 3 aromatic heterocycles. The molecule has 0 aromatic carbocycles. The molecule has 10 heteroatoms. The summed E-state index contributed by atoms with van der Waals surface area (Å²) in [5.74, 6) is -0.153. The molecule has 3 heterocycles. The third-order valence-corrected chi connectivity index (χ3v) is 3.74. The third-order valence-electron chi connectivity index (χ3n) is 3.06. The van der Waals surface area contributed by atoms with Crippen molar-refractivity contribution in [2.24, 2.45) is 0 Å². The molecule has 0 unspecified atom stereocenters. The Hall–Kier alpha value is -2.19. The molecule has 0 spiro atoms. The predicted octanol–water partition coefficient (Wildman–Crippen LogP) is 4.17. The van der Waals surface area contributed by atoms with E-state index in [1.807, 2.05) is 0 Å². The Balaban J connectivity index is 2.03. The lowest BCUT2D eigenvalue weighted by Gasteiger charge is -2.07. The van der Waals surface area contributed by atoms with Crippen LogP contribution in [0.1, 0.15) is 17.9 Å². The maximum atomic E-state index is 13.0. The Labute approximate surface area is 144 Å². The molecule has 0 amide bonds. The minimum atomic E-state index is -2.75. The molecule has 0 aliphatic heterocycles. The van der Waals surface area contributed by atoms with E-state index in [9.17, 15) is 13.2 Å². The molecule has 24 heavy (non-hydrogen) atoms. The molecule has 0 saturated carbocycles. The first kappa shape index (κ1) is 16.7. The van der Waals surface area contributed by atoms with Gasteiger partial charge >= 0.3 is 0 Å². The van der Waals surface area contributed by atoms with Gasteiger partial charge in [-0.2, -0.15) is 0 Å². The Bertz CT molecular complexity index is 867. The van der Waals surface area contributed by atoms with Gasteiger partial charge in [-0.15, -0.1) is 0 Å². The third kappa shape index (κ3) is 3.49. The van der Waals surface area contributed by atoms with Crippen LogP contribution in [0.3, 0.4) is 0 Å². The average Bonchev–Trinajstić information content (AvgIpc) is 2.96. The van der Waals surface area contributed by atoms with E-state index in [2.05, 4.69) is 19.9 Å². The smallest absolute Gasteiger partial charge is 0.281 e. The van der Waals surface area contributed by atoms with Crippen molar-refractivity contribution in [2.45, 2.75) is 13.0 Å². The van der Waals surface area contributed by atoms with E-state index < -0.39 is 17.9 Å². The van der Waals surface area contributed by atoms with Crippen LogP contribution in [0, 0.1) is 5.82 Å². The Morgan fingerprint density at radius 3 is 2.42 bits per heavy atom. The monoisotopic (exact) mass is 373 g/mol. The lowest BCUT2D eigenvalue weighted by atomic mass is 10.2. The van der Waals surface area contributed by atoms with Crippen LogP contribution in [0.2, 0.25) is 10.2 Å². The van der Waals surface area contributed by atoms with Crippen LogP contribution in [0.15, 0.2) is 30.9 Å². The summed E-state index contributed by atoms with van der Waals surface area (Å²) in [6, 6.07) is 1.47. The summed E-state index contributed by atoms with van der Waals surface area (Å²) in [5, 5.41) is 0.259. The molecule has 3 aromatic rings. The molecule has 0 saturated heterocycles. The van der Waals surface area contributed by atoms with Gasteiger partial charge in [-0.05, 0) is 6.07 Å². The summed E-state index contributed by atoms with van der Waals surface area (Å²) in [6.07, 6.45) is 1.78. The predicted molar refractivity (Wildman–Crippen MR) is 81.5 cm³/mol. The minimum Gasteiger partial charge on any atom is -0.323 e. The number of nitrogens with zero attached hydrogens (tertiary/aromatic N) is 5. The second-order valence-electron chi connectivity index (χ2n) is 4.73. The van der Waals surface area contributed by atoms with Crippen molar-refractivity contribution in [3.8, 4) is 11.4 Å². The zero-order valence-electron chi connectivity index (χ0n) is 11.8. The first-order valence-corrected chi connectivity index (χ1v) is 7.32. The highest BCUT2D eigenvalue weighted by Gasteiger charge is 2.18. The van der Waals surface area contributed by atoms with E-state index in [0.717, 1.165) is 12.4 Å². The largest absolute Gasteiger partial charge is 0.323 e. The van der Waals surface area contributed by atoms with Gasteiger partial charge in [0.05, 0.1) is 24.0 Å². The van der Waals surface area contributed by atoms with Crippen molar-refractivity contribution in [1.29, 1.82) is 0 Å². The van der Waals surface area contributed by atoms with Crippen molar-refractivity contribution in [2.75, 3.05) is 0 Å². The highest BCUT2D eigenvalue weighted by molar-refractivity contribution is 6.41. The van der Waals surface area contributed by atoms with Crippen molar-refractivity contribution in [1.82, 2.24) is 24.5 Å². The highest BCUT2D eigenvalue weighted by atomic mass is 35.5. The molecule has 0 N–H and O–H groups in total. The number of aromatic nitrogens is 5. The van der Waals surface area contributed by atoms with Gasteiger partial charge in [0.1, 0.15) is 22.5 Å². The minimum absolute atomic E-state index is 0.0234. The fraction of sp³-hybridized carbons (Fsp3) is 0.143. The first-order chi connectivity index (χ1) is 11.4. The van der Waals surface area contributed by atoms with Crippen molar-refractivity contribution < 1.29 is 13.2 Å². The fourth-order valence-electron chi connectivity index (χ4n) is 2.01. The quantitative estimate of drug-likeness (QED) is 0.644. The summed E-state index contributed by atoms with van der Waals surface area (Å²) in [7, 11) is 0. The number of halogens is 5. The molecule has 0 aliphatic rings. The standard InChI is InChI=1S/C14H8Cl2F3N5/c15-9-1-7(2-22-12(9)16)14-23-10(13(18)19)5-24(14)6-11-20-3-8(17)4-21-11/h1-5,13H,6H2. The van der Waals surface area contributed by atoms with E-state index in [-0.39, 0.29) is 28.4 Å². The van der Waals surface area contributed by atoms with Gasteiger partial charge in [-0.1, -0.05) is 23.2 Å². The van der Waals surface area contributed by atoms with Crippen LogP contribution in [0.25, 0.3) is 11.4 Å². The van der Waals surface area contributed by atoms with Crippen molar-refractivity contribution >= 4 is 23.2 Å². The van der Waals surface area contributed by atoms with Gasteiger partial charge in [-0.25, -0.2) is 33.1 Å².